The van der Waals surface area contributed by atoms with Gasteiger partial charge in [0, 0.05) is 4.83 Å². The average molecular weight is 241 g/mol. The van der Waals surface area contributed by atoms with Crippen LogP contribution in [0.4, 0.5) is 0 Å². The van der Waals surface area contributed by atoms with E-state index in [-0.39, 0.29) is 0 Å². The number of aryl methyl sites for hydroxylation is 1. The summed E-state index contributed by atoms with van der Waals surface area (Å²) in [7, 11) is 0. The van der Waals surface area contributed by atoms with Gasteiger partial charge in [0.15, 0.2) is 0 Å². The maximum Gasteiger partial charge on any atom is 0.0209 e. The van der Waals surface area contributed by atoms with Gasteiger partial charge in [-0.05, 0) is 30.4 Å². The predicted octanol–water partition coefficient (Wildman–Crippen LogP) is 4.27. The number of halogens is 1. The molecule has 2 unspecified atom stereocenters. The first-order chi connectivity index (χ1) is 6.16. The Balaban J connectivity index is 2.88. The fourth-order valence-electron chi connectivity index (χ4n) is 1.65. The van der Waals surface area contributed by atoms with Crippen molar-refractivity contribution in [3.8, 4) is 0 Å². The van der Waals surface area contributed by atoms with Crippen molar-refractivity contribution in [1.82, 2.24) is 0 Å². The van der Waals surface area contributed by atoms with Gasteiger partial charge in [-0.25, -0.2) is 0 Å². The summed E-state index contributed by atoms with van der Waals surface area (Å²) < 4.78 is 0. The molecule has 0 amide bonds. The third kappa shape index (κ3) is 2.57. The molecule has 1 aromatic carbocycles. The molecular formula is C12H17Br. The normalized spacial score (nSPS) is 15.4. The van der Waals surface area contributed by atoms with Crippen LogP contribution in [0.15, 0.2) is 24.3 Å². The van der Waals surface area contributed by atoms with Gasteiger partial charge in [0.1, 0.15) is 0 Å². The van der Waals surface area contributed by atoms with Crippen LogP contribution in [0.25, 0.3) is 0 Å². The van der Waals surface area contributed by atoms with Gasteiger partial charge in [0.05, 0.1) is 0 Å². The molecule has 0 N–H and O–H groups in total. The Hall–Kier alpha value is -0.300. The maximum absolute atomic E-state index is 3.71. The van der Waals surface area contributed by atoms with Gasteiger partial charge in [-0.3, -0.25) is 0 Å². The van der Waals surface area contributed by atoms with Crippen LogP contribution in [0.2, 0.25) is 0 Å². The van der Waals surface area contributed by atoms with Crippen LogP contribution >= 0.6 is 15.9 Å². The second-order valence-electron chi connectivity index (χ2n) is 3.57. The zero-order chi connectivity index (χ0) is 9.84. The van der Waals surface area contributed by atoms with Crippen LogP contribution in [0.1, 0.15) is 37.3 Å². The second kappa shape index (κ2) is 4.80. The lowest BCUT2D eigenvalue weighted by Crippen LogP contribution is -2.08. The minimum absolute atomic E-state index is 0.591. The molecule has 0 radical (unpaired) electrons. The predicted molar refractivity (Wildman–Crippen MR) is 62.6 cm³/mol. The molecule has 0 heterocycles. The van der Waals surface area contributed by atoms with Crippen LogP contribution in [0.5, 0.6) is 0 Å². The first-order valence-electron chi connectivity index (χ1n) is 4.86. The van der Waals surface area contributed by atoms with Gasteiger partial charge in [0.25, 0.3) is 0 Å². The fraction of sp³-hybridized carbons (Fsp3) is 0.500. The van der Waals surface area contributed by atoms with Gasteiger partial charge in [-0.15, -0.1) is 0 Å². The Morgan fingerprint density at radius 3 is 2.46 bits per heavy atom. The molecule has 1 rings (SSSR count). The Bertz CT molecular complexity index is 268. The van der Waals surface area contributed by atoms with Crippen LogP contribution in [0.3, 0.4) is 0 Å². The van der Waals surface area contributed by atoms with Crippen molar-refractivity contribution in [2.45, 2.75) is 37.9 Å². The highest BCUT2D eigenvalue weighted by atomic mass is 79.9. The van der Waals surface area contributed by atoms with E-state index in [4.69, 9.17) is 0 Å². The van der Waals surface area contributed by atoms with E-state index in [0.29, 0.717) is 10.7 Å². The molecule has 0 spiro atoms. The summed E-state index contributed by atoms with van der Waals surface area (Å²) in [6.07, 6.45) is 1.18. The number of alkyl halides is 1. The number of benzene rings is 1. The molecule has 0 aliphatic carbocycles. The minimum Gasteiger partial charge on any atom is -0.0884 e. The summed E-state index contributed by atoms with van der Waals surface area (Å²) in [5, 5.41) is 0. The second-order valence-corrected chi connectivity index (χ2v) is 4.75. The first kappa shape index (κ1) is 10.8. The summed E-state index contributed by atoms with van der Waals surface area (Å²) in [6.45, 7) is 6.68. The molecule has 1 aromatic rings. The Kier molecular flexibility index (Phi) is 3.98. The molecule has 72 valence electrons. The topological polar surface area (TPSA) is 0 Å². The largest absolute Gasteiger partial charge is 0.0884 e. The lowest BCUT2D eigenvalue weighted by atomic mass is 9.93. The van der Waals surface area contributed by atoms with Gasteiger partial charge in [0.2, 0.25) is 0 Å². The third-order valence-corrected chi connectivity index (χ3v) is 4.05. The third-order valence-electron chi connectivity index (χ3n) is 2.61. The van der Waals surface area contributed by atoms with Crippen molar-refractivity contribution in [1.29, 1.82) is 0 Å². The molecule has 0 saturated carbocycles. The molecule has 0 aliphatic rings. The molecule has 1 heteroatoms. The van der Waals surface area contributed by atoms with Crippen LogP contribution in [-0.2, 0) is 0 Å². The van der Waals surface area contributed by atoms with Crippen molar-refractivity contribution >= 4 is 15.9 Å². The van der Waals surface area contributed by atoms with E-state index < -0.39 is 0 Å². The molecule has 0 bridgehead atoms. The van der Waals surface area contributed by atoms with Gasteiger partial charge in [-0.1, -0.05) is 54.0 Å². The SMILES string of the molecule is CCC(Br)C(C)c1ccccc1C. The Morgan fingerprint density at radius 2 is 1.92 bits per heavy atom. The Morgan fingerprint density at radius 1 is 1.31 bits per heavy atom. The van der Waals surface area contributed by atoms with Gasteiger partial charge < -0.3 is 0 Å². The minimum atomic E-state index is 0.591. The fourth-order valence-corrected chi connectivity index (χ4v) is 1.93. The van der Waals surface area contributed by atoms with Crippen molar-refractivity contribution in [2.75, 3.05) is 0 Å². The standard InChI is InChI=1S/C12H17Br/c1-4-12(13)10(3)11-8-6-5-7-9(11)2/h5-8,10,12H,4H2,1-3H3. The number of hydrogen-bond donors (Lipinski definition) is 0. The molecule has 0 aromatic heterocycles. The molecular weight excluding hydrogens is 224 g/mol. The van der Waals surface area contributed by atoms with E-state index in [1.165, 1.54) is 17.5 Å². The summed E-state index contributed by atoms with van der Waals surface area (Å²) in [5.41, 5.74) is 2.86. The quantitative estimate of drug-likeness (QED) is 0.693. The zero-order valence-corrected chi connectivity index (χ0v) is 10.1. The van der Waals surface area contributed by atoms with Gasteiger partial charge >= 0.3 is 0 Å². The monoisotopic (exact) mass is 240 g/mol. The van der Waals surface area contributed by atoms with Crippen molar-refractivity contribution in [3.05, 3.63) is 35.4 Å². The molecule has 0 fully saturated rings. The van der Waals surface area contributed by atoms with Crippen molar-refractivity contribution < 1.29 is 0 Å². The molecule has 0 nitrogen and oxygen atoms in total. The summed E-state index contributed by atoms with van der Waals surface area (Å²) >= 11 is 3.71. The van der Waals surface area contributed by atoms with Crippen LogP contribution in [-0.4, -0.2) is 4.83 Å². The van der Waals surface area contributed by atoms with E-state index >= 15 is 0 Å². The smallest absolute Gasteiger partial charge is 0.0209 e. The number of hydrogen-bond acceptors (Lipinski definition) is 0. The van der Waals surface area contributed by atoms with Crippen LogP contribution in [0, 0.1) is 6.92 Å². The van der Waals surface area contributed by atoms with Crippen molar-refractivity contribution in [2.24, 2.45) is 0 Å². The molecule has 2 atom stereocenters. The van der Waals surface area contributed by atoms with E-state index in [2.05, 4.69) is 61.0 Å². The highest BCUT2D eigenvalue weighted by molar-refractivity contribution is 9.09. The summed E-state index contributed by atoms with van der Waals surface area (Å²) in [5.74, 6) is 0.603. The number of rotatable bonds is 3. The average Bonchev–Trinajstić information content (AvgIpc) is 2.16. The summed E-state index contributed by atoms with van der Waals surface area (Å²) in [6, 6.07) is 8.63. The molecule has 13 heavy (non-hydrogen) atoms. The zero-order valence-electron chi connectivity index (χ0n) is 8.55. The summed E-state index contributed by atoms with van der Waals surface area (Å²) in [4.78, 5) is 0.591. The first-order valence-corrected chi connectivity index (χ1v) is 5.78. The van der Waals surface area contributed by atoms with E-state index in [1.807, 2.05) is 0 Å². The lowest BCUT2D eigenvalue weighted by molar-refractivity contribution is 0.690. The van der Waals surface area contributed by atoms with Gasteiger partial charge in [-0.2, -0.15) is 0 Å². The van der Waals surface area contributed by atoms with Crippen LogP contribution < -0.4 is 0 Å². The maximum atomic E-state index is 3.71. The van der Waals surface area contributed by atoms with E-state index in [9.17, 15) is 0 Å². The molecule has 0 saturated heterocycles. The van der Waals surface area contributed by atoms with E-state index in [0.717, 1.165) is 0 Å². The highest BCUT2D eigenvalue weighted by Gasteiger charge is 2.14. The van der Waals surface area contributed by atoms with Crippen molar-refractivity contribution in [3.63, 3.8) is 0 Å². The molecule has 0 aliphatic heterocycles. The Labute approximate surface area is 89.5 Å². The highest BCUT2D eigenvalue weighted by Crippen LogP contribution is 2.28. The lowest BCUT2D eigenvalue weighted by Gasteiger charge is -2.19. The van der Waals surface area contributed by atoms with E-state index in [1.54, 1.807) is 0 Å².